The maximum absolute atomic E-state index is 12.3. The molecular weight excluding hydrogens is 290 g/mol. The number of H-pyrrole nitrogens is 1. The highest BCUT2D eigenvalue weighted by Crippen LogP contribution is 2.15. The summed E-state index contributed by atoms with van der Waals surface area (Å²) in [7, 11) is -3.56. The monoisotopic (exact) mass is 307 g/mol. The van der Waals surface area contributed by atoms with Gasteiger partial charge in [0.2, 0.25) is 0 Å². The number of rotatable bonds is 4. The molecule has 2 rings (SSSR count). The van der Waals surface area contributed by atoms with Gasteiger partial charge in [0.25, 0.3) is 5.56 Å². The van der Waals surface area contributed by atoms with Crippen molar-refractivity contribution < 1.29 is 8.42 Å². The lowest BCUT2D eigenvalue weighted by molar-refractivity contribution is 0.593. The summed E-state index contributed by atoms with van der Waals surface area (Å²) in [5, 5.41) is 0. The molecule has 1 aromatic heterocycles. The van der Waals surface area contributed by atoms with Crippen molar-refractivity contribution in [1.29, 1.82) is 0 Å². The van der Waals surface area contributed by atoms with E-state index in [1.807, 2.05) is 6.92 Å². The number of hydrogen-bond acceptors (Lipinski definition) is 5. The highest BCUT2D eigenvalue weighted by atomic mass is 32.2. The van der Waals surface area contributed by atoms with Crippen molar-refractivity contribution in [2.24, 2.45) is 5.73 Å². The average Bonchev–Trinajstić information content (AvgIpc) is 2.37. The van der Waals surface area contributed by atoms with Crippen molar-refractivity contribution in [1.82, 2.24) is 9.97 Å². The van der Waals surface area contributed by atoms with Crippen LogP contribution in [0.4, 0.5) is 0 Å². The smallest absolute Gasteiger partial charge is 0.251 e. The molecule has 0 fully saturated rings. The van der Waals surface area contributed by atoms with Crippen LogP contribution in [0, 0.1) is 6.92 Å². The highest BCUT2D eigenvalue weighted by molar-refractivity contribution is 7.90. The van der Waals surface area contributed by atoms with E-state index in [2.05, 4.69) is 9.97 Å². The van der Waals surface area contributed by atoms with Gasteiger partial charge in [-0.05, 0) is 26.0 Å². The van der Waals surface area contributed by atoms with E-state index in [1.54, 1.807) is 19.1 Å². The third-order valence-electron chi connectivity index (χ3n) is 2.98. The Hall–Kier alpha value is -1.99. The third kappa shape index (κ3) is 3.77. The fourth-order valence-corrected chi connectivity index (χ4v) is 3.05. The lowest BCUT2D eigenvalue weighted by atomic mass is 10.2. The number of aromatic nitrogens is 2. The first-order chi connectivity index (χ1) is 9.78. The largest absolute Gasteiger partial charge is 0.323 e. The molecule has 0 bridgehead atoms. The second-order valence-corrected chi connectivity index (χ2v) is 6.97. The Kier molecular flexibility index (Phi) is 4.24. The van der Waals surface area contributed by atoms with E-state index in [0.29, 0.717) is 5.69 Å². The SMILES string of the molecule is Cc1ccc(S(=O)(=O)Cc2nc(C(C)N)cc(=O)[nH]2)cc1. The molecule has 0 amide bonds. The topological polar surface area (TPSA) is 106 Å². The Morgan fingerprint density at radius 3 is 2.48 bits per heavy atom. The number of nitrogens with zero attached hydrogens (tertiary/aromatic N) is 1. The summed E-state index contributed by atoms with van der Waals surface area (Å²) >= 11 is 0. The van der Waals surface area contributed by atoms with Crippen LogP contribution in [0.1, 0.15) is 30.0 Å². The Morgan fingerprint density at radius 1 is 1.29 bits per heavy atom. The number of hydrogen-bond donors (Lipinski definition) is 2. The molecule has 21 heavy (non-hydrogen) atoms. The van der Waals surface area contributed by atoms with Gasteiger partial charge in [-0.15, -0.1) is 0 Å². The molecule has 1 unspecified atom stereocenters. The van der Waals surface area contributed by atoms with Crippen LogP contribution in [-0.2, 0) is 15.6 Å². The van der Waals surface area contributed by atoms with Gasteiger partial charge in [0.05, 0.1) is 10.6 Å². The van der Waals surface area contributed by atoms with Crippen molar-refractivity contribution in [3.8, 4) is 0 Å². The van der Waals surface area contributed by atoms with E-state index in [9.17, 15) is 13.2 Å². The second-order valence-electron chi connectivity index (χ2n) is 4.98. The van der Waals surface area contributed by atoms with Gasteiger partial charge in [0.1, 0.15) is 11.6 Å². The molecule has 3 N–H and O–H groups in total. The van der Waals surface area contributed by atoms with E-state index < -0.39 is 21.4 Å². The Balaban J connectivity index is 2.37. The summed E-state index contributed by atoms with van der Waals surface area (Å²) < 4.78 is 24.6. The van der Waals surface area contributed by atoms with Gasteiger partial charge in [-0.1, -0.05) is 17.7 Å². The van der Waals surface area contributed by atoms with E-state index >= 15 is 0 Å². The van der Waals surface area contributed by atoms with Crippen LogP contribution in [0.15, 0.2) is 40.0 Å². The fraction of sp³-hybridized carbons (Fsp3) is 0.286. The minimum Gasteiger partial charge on any atom is -0.323 e. The van der Waals surface area contributed by atoms with Crippen molar-refractivity contribution >= 4 is 9.84 Å². The number of sulfone groups is 1. The predicted octanol–water partition coefficient (Wildman–Crippen LogP) is 1.07. The average molecular weight is 307 g/mol. The summed E-state index contributed by atoms with van der Waals surface area (Å²) in [5.41, 5.74) is 6.61. The van der Waals surface area contributed by atoms with E-state index in [1.165, 1.54) is 18.2 Å². The number of nitrogens with two attached hydrogens (primary N) is 1. The standard InChI is InChI=1S/C14H17N3O3S/c1-9-3-5-11(6-4-9)21(19,20)8-13-16-12(10(2)15)7-14(18)17-13/h3-7,10H,8,15H2,1-2H3,(H,16,17,18). The molecule has 0 radical (unpaired) electrons. The molecule has 0 aliphatic rings. The molecule has 0 aliphatic carbocycles. The summed E-state index contributed by atoms with van der Waals surface area (Å²) in [5.74, 6) is -0.276. The molecule has 1 aromatic carbocycles. The van der Waals surface area contributed by atoms with Crippen LogP contribution in [0.25, 0.3) is 0 Å². The van der Waals surface area contributed by atoms with Crippen LogP contribution in [0.5, 0.6) is 0 Å². The van der Waals surface area contributed by atoms with Crippen LogP contribution < -0.4 is 11.3 Å². The molecule has 1 heterocycles. The molecule has 7 heteroatoms. The van der Waals surface area contributed by atoms with Gasteiger partial charge in [-0.25, -0.2) is 13.4 Å². The van der Waals surface area contributed by atoms with Crippen molar-refractivity contribution in [3.05, 3.63) is 57.8 Å². The lowest BCUT2D eigenvalue weighted by Crippen LogP contribution is -2.19. The van der Waals surface area contributed by atoms with Gasteiger partial charge in [-0.3, -0.25) is 4.79 Å². The minimum atomic E-state index is -3.56. The van der Waals surface area contributed by atoms with Gasteiger partial charge < -0.3 is 10.7 Å². The van der Waals surface area contributed by atoms with Gasteiger partial charge in [-0.2, -0.15) is 0 Å². The number of aryl methyl sites for hydroxylation is 1. The van der Waals surface area contributed by atoms with Crippen molar-refractivity contribution in [2.45, 2.75) is 30.5 Å². The molecule has 0 aliphatic heterocycles. The van der Waals surface area contributed by atoms with Gasteiger partial charge >= 0.3 is 0 Å². The zero-order chi connectivity index (χ0) is 15.6. The number of benzene rings is 1. The highest BCUT2D eigenvalue weighted by Gasteiger charge is 2.17. The van der Waals surface area contributed by atoms with Crippen molar-refractivity contribution in [2.75, 3.05) is 0 Å². The maximum atomic E-state index is 12.3. The summed E-state index contributed by atoms with van der Waals surface area (Å²) in [6.45, 7) is 3.56. The first-order valence-electron chi connectivity index (χ1n) is 6.43. The first kappa shape index (κ1) is 15.4. The molecule has 0 saturated carbocycles. The molecule has 1 atom stereocenters. The Bertz CT molecular complexity index is 793. The molecule has 112 valence electrons. The molecular formula is C14H17N3O3S. The summed E-state index contributed by atoms with van der Waals surface area (Å²) in [4.78, 5) is 18.3. The normalized spacial score (nSPS) is 13.1. The molecule has 6 nitrogen and oxygen atoms in total. The first-order valence-corrected chi connectivity index (χ1v) is 8.08. The zero-order valence-electron chi connectivity index (χ0n) is 11.8. The third-order valence-corrected chi connectivity index (χ3v) is 4.63. The van der Waals surface area contributed by atoms with Crippen LogP contribution in [0.2, 0.25) is 0 Å². The quantitative estimate of drug-likeness (QED) is 0.879. The minimum absolute atomic E-state index is 0.0929. The van der Waals surface area contributed by atoms with Crippen LogP contribution >= 0.6 is 0 Å². The molecule has 0 saturated heterocycles. The second kappa shape index (κ2) is 5.79. The molecule has 2 aromatic rings. The van der Waals surface area contributed by atoms with Crippen LogP contribution in [-0.4, -0.2) is 18.4 Å². The Morgan fingerprint density at radius 2 is 1.90 bits per heavy atom. The number of aromatic amines is 1. The zero-order valence-corrected chi connectivity index (χ0v) is 12.6. The lowest BCUT2D eigenvalue weighted by Gasteiger charge is -2.08. The van der Waals surface area contributed by atoms with Crippen molar-refractivity contribution in [3.63, 3.8) is 0 Å². The summed E-state index contributed by atoms with van der Waals surface area (Å²) in [6.07, 6.45) is 0. The Labute approximate surface area is 123 Å². The van der Waals surface area contributed by atoms with E-state index in [0.717, 1.165) is 5.56 Å². The van der Waals surface area contributed by atoms with E-state index in [4.69, 9.17) is 5.73 Å². The fourth-order valence-electron chi connectivity index (χ4n) is 1.84. The van der Waals surface area contributed by atoms with Gasteiger partial charge in [0, 0.05) is 12.1 Å². The maximum Gasteiger partial charge on any atom is 0.251 e. The van der Waals surface area contributed by atoms with Crippen LogP contribution in [0.3, 0.4) is 0 Å². The van der Waals surface area contributed by atoms with E-state index in [-0.39, 0.29) is 16.5 Å². The summed E-state index contributed by atoms with van der Waals surface area (Å²) in [6, 6.07) is 7.36. The predicted molar refractivity (Wildman–Crippen MR) is 79.5 cm³/mol. The number of nitrogens with one attached hydrogen (secondary N) is 1. The van der Waals surface area contributed by atoms with Gasteiger partial charge in [0.15, 0.2) is 9.84 Å². The molecule has 0 spiro atoms.